The first-order chi connectivity index (χ1) is 10.5. The number of fused-ring (bicyclic) bond motifs is 1. The Balaban J connectivity index is 1.96. The van der Waals surface area contributed by atoms with Crippen LogP contribution < -0.4 is 9.50 Å². The van der Waals surface area contributed by atoms with Gasteiger partial charge in [0.15, 0.2) is 0 Å². The molecule has 0 fully saturated rings. The molecule has 5 nitrogen and oxygen atoms in total. The van der Waals surface area contributed by atoms with Crippen LogP contribution in [0.1, 0.15) is 15.9 Å². The van der Waals surface area contributed by atoms with Crippen molar-refractivity contribution in [2.75, 3.05) is 6.54 Å². The van der Waals surface area contributed by atoms with Gasteiger partial charge >= 0.3 is 10.1 Å². The third-order valence-electron chi connectivity index (χ3n) is 3.30. The number of benzene rings is 2. The molecule has 0 atom stereocenters. The van der Waals surface area contributed by atoms with E-state index < -0.39 is 10.1 Å². The lowest BCUT2D eigenvalue weighted by molar-refractivity contribution is 0.0946. The molecule has 0 saturated carbocycles. The Bertz CT molecular complexity index is 848. The Morgan fingerprint density at radius 3 is 2.73 bits per heavy atom. The molecule has 2 aromatic rings. The van der Waals surface area contributed by atoms with Crippen molar-refractivity contribution in [3.63, 3.8) is 0 Å². The van der Waals surface area contributed by atoms with E-state index in [2.05, 4.69) is 27.9 Å². The van der Waals surface area contributed by atoms with Crippen LogP contribution in [0.15, 0.2) is 47.4 Å². The first kappa shape index (κ1) is 15.3. The van der Waals surface area contributed by atoms with Gasteiger partial charge < -0.3 is 9.50 Å². The van der Waals surface area contributed by atoms with E-state index in [0.29, 0.717) is 18.5 Å². The first-order valence-corrected chi connectivity index (χ1v) is 9.05. The minimum Gasteiger partial charge on any atom is -0.379 e. The van der Waals surface area contributed by atoms with E-state index in [1.807, 2.05) is 6.07 Å². The lowest BCUT2D eigenvalue weighted by Gasteiger charge is -2.17. The maximum atomic E-state index is 12.3. The van der Waals surface area contributed by atoms with Gasteiger partial charge in [-0.15, -0.1) is 0 Å². The van der Waals surface area contributed by atoms with Crippen molar-refractivity contribution >= 4 is 38.6 Å². The molecule has 0 saturated heterocycles. The summed E-state index contributed by atoms with van der Waals surface area (Å²) in [7, 11) is -3.97. The quantitative estimate of drug-likeness (QED) is 0.601. The molecule has 7 heteroatoms. The number of hydrogen-bond donors (Lipinski definition) is 1. The fourth-order valence-corrected chi connectivity index (χ4v) is 3.70. The highest BCUT2D eigenvalue weighted by Crippen LogP contribution is 2.23. The summed E-state index contributed by atoms with van der Waals surface area (Å²) in [6, 6.07) is 11.3. The molecule has 0 aromatic heterocycles. The van der Waals surface area contributed by atoms with E-state index in [0.717, 1.165) is 9.13 Å². The highest BCUT2D eigenvalue weighted by Gasteiger charge is 2.22. The summed E-state index contributed by atoms with van der Waals surface area (Å²) in [5, 5.41) is 2.70. The van der Waals surface area contributed by atoms with Crippen molar-refractivity contribution < 1.29 is 17.4 Å². The van der Waals surface area contributed by atoms with Gasteiger partial charge in [0, 0.05) is 15.7 Å². The lowest BCUT2D eigenvalue weighted by atomic mass is 10.0. The van der Waals surface area contributed by atoms with Gasteiger partial charge in [-0.05, 0) is 64.9 Å². The Morgan fingerprint density at radius 1 is 1.14 bits per heavy atom. The molecule has 0 radical (unpaired) electrons. The Hall–Kier alpha value is -1.61. The largest absolute Gasteiger partial charge is 0.379 e. The zero-order valence-electron chi connectivity index (χ0n) is 11.4. The van der Waals surface area contributed by atoms with Crippen molar-refractivity contribution in [3.05, 3.63) is 57.2 Å². The fourth-order valence-electron chi connectivity index (χ4n) is 2.24. The van der Waals surface area contributed by atoms with Gasteiger partial charge in [-0.25, -0.2) is 0 Å². The molecule has 1 heterocycles. The number of rotatable bonds is 3. The van der Waals surface area contributed by atoms with E-state index in [4.69, 9.17) is 4.18 Å². The van der Waals surface area contributed by atoms with Crippen LogP contribution in [0.25, 0.3) is 0 Å². The number of carbonyl (C=O) groups is 1. The molecule has 114 valence electrons. The van der Waals surface area contributed by atoms with Crippen LogP contribution in [0, 0.1) is 3.57 Å². The standard InChI is InChI=1S/C15H12INO4S/c16-11-2-1-3-12(8-11)21-22(19,20)13-5-4-10-6-7-17-15(18)14(10)9-13/h1-5,8-9H,6-7H2,(H,17,18). The van der Waals surface area contributed by atoms with Gasteiger partial charge in [0.2, 0.25) is 0 Å². The van der Waals surface area contributed by atoms with Crippen LogP contribution in [0.2, 0.25) is 0 Å². The molecule has 1 aliphatic rings. The molecular weight excluding hydrogens is 417 g/mol. The Labute approximate surface area is 141 Å². The fraction of sp³-hybridized carbons (Fsp3) is 0.133. The molecule has 0 bridgehead atoms. The van der Waals surface area contributed by atoms with E-state index in [1.165, 1.54) is 12.1 Å². The third kappa shape index (κ3) is 3.09. The second-order valence-electron chi connectivity index (χ2n) is 4.82. The van der Waals surface area contributed by atoms with Crippen molar-refractivity contribution in [3.8, 4) is 5.75 Å². The summed E-state index contributed by atoms with van der Waals surface area (Å²) in [4.78, 5) is 11.8. The monoisotopic (exact) mass is 429 g/mol. The molecule has 2 aromatic carbocycles. The number of amides is 1. The molecule has 3 rings (SSSR count). The summed E-state index contributed by atoms with van der Waals surface area (Å²) >= 11 is 2.07. The van der Waals surface area contributed by atoms with E-state index in [-0.39, 0.29) is 16.6 Å². The van der Waals surface area contributed by atoms with Crippen molar-refractivity contribution in [1.29, 1.82) is 0 Å². The van der Waals surface area contributed by atoms with Gasteiger partial charge in [-0.2, -0.15) is 8.42 Å². The molecule has 22 heavy (non-hydrogen) atoms. The zero-order chi connectivity index (χ0) is 15.7. The molecule has 1 aliphatic heterocycles. The molecule has 1 amide bonds. The average molecular weight is 429 g/mol. The van der Waals surface area contributed by atoms with Crippen LogP contribution >= 0.6 is 22.6 Å². The van der Waals surface area contributed by atoms with Gasteiger partial charge in [0.1, 0.15) is 10.6 Å². The Kier molecular flexibility index (Phi) is 4.09. The summed E-state index contributed by atoms with van der Waals surface area (Å²) in [6.07, 6.45) is 0.694. The highest BCUT2D eigenvalue weighted by molar-refractivity contribution is 14.1. The number of halogens is 1. The van der Waals surface area contributed by atoms with Gasteiger partial charge in [-0.1, -0.05) is 12.1 Å². The molecule has 0 unspecified atom stereocenters. The minimum absolute atomic E-state index is 0.0258. The predicted octanol–water partition coefficient (Wildman–Crippen LogP) is 2.34. The number of hydrogen-bond acceptors (Lipinski definition) is 4. The first-order valence-electron chi connectivity index (χ1n) is 6.57. The summed E-state index contributed by atoms with van der Waals surface area (Å²) in [5.74, 6) is -0.0124. The van der Waals surface area contributed by atoms with Crippen molar-refractivity contribution in [1.82, 2.24) is 5.32 Å². The third-order valence-corrected chi connectivity index (χ3v) is 5.21. The van der Waals surface area contributed by atoms with E-state index >= 15 is 0 Å². The molecule has 0 aliphatic carbocycles. The minimum atomic E-state index is -3.97. The second-order valence-corrected chi connectivity index (χ2v) is 7.61. The number of nitrogens with one attached hydrogen (secondary N) is 1. The lowest BCUT2D eigenvalue weighted by Crippen LogP contribution is -2.32. The normalized spacial score (nSPS) is 14.1. The van der Waals surface area contributed by atoms with Gasteiger partial charge in [0.25, 0.3) is 5.91 Å². The molecule has 0 spiro atoms. The molecular formula is C15H12INO4S. The maximum absolute atomic E-state index is 12.3. The summed E-state index contributed by atoms with van der Waals surface area (Å²) < 4.78 is 30.7. The highest BCUT2D eigenvalue weighted by atomic mass is 127. The van der Waals surface area contributed by atoms with Crippen LogP contribution in [-0.4, -0.2) is 20.9 Å². The van der Waals surface area contributed by atoms with Crippen LogP contribution in [0.5, 0.6) is 5.75 Å². The topological polar surface area (TPSA) is 72.5 Å². The zero-order valence-corrected chi connectivity index (χ0v) is 14.3. The summed E-state index contributed by atoms with van der Waals surface area (Å²) in [6.45, 7) is 0.566. The van der Waals surface area contributed by atoms with E-state index in [1.54, 1.807) is 24.3 Å². The van der Waals surface area contributed by atoms with Crippen LogP contribution in [-0.2, 0) is 16.5 Å². The smallest absolute Gasteiger partial charge is 0.339 e. The van der Waals surface area contributed by atoms with Crippen LogP contribution in [0.4, 0.5) is 0 Å². The summed E-state index contributed by atoms with van der Waals surface area (Å²) in [5.41, 5.74) is 1.23. The van der Waals surface area contributed by atoms with E-state index in [9.17, 15) is 13.2 Å². The van der Waals surface area contributed by atoms with Crippen molar-refractivity contribution in [2.45, 2.75) is 11.3 Å². The van der Waals surface area contributed by atoms with Crippen molar-refractivity contribution in [2.24, 2.45) is 0 Å². The SMILES string of the molecule is O=C1NCCc2ccc(S(=O)(=O)Oc3cccc(I)c3)cc21. The maximum Gasteiger partial charge on any atom is 0.339 e. The predicted molar refractivity (Wildman–Crippen MR) is 89.5 cm³/mol. The Morgan fingerprint density at radius 2 is 1.95 bits per heavy atom. The van der Waals surface area contributed by atoms with Crippen LogP contribution in [0.3, 0.4) is 0 Å². The average Bonchev–Trinajstić information content (AvgIpc) is 2.47. The number of carbonyl (C=O) groups excluding carboxylic acids is 1. The second kappa shape index (κ2) is 5.88. The van der Waals surface area contributed by atoms with Gasteiger partial charge in [0.05, 0.1) is 0 Å². The molecule has 1 N–H and O–H groups in total. The van der Waals surface area contributed by atoms with Gasteiger partial charge in [-0.3, -0.25) is 4.79 Å².